The van der Waals surface area contributed by atoms with Gasteiger partial charge in [0.15, 0.2) is 0 Å². The van der Waals surface area contributed by atoms with E-state index in [0.717, 1.165) is 0 Å². The third-order valence-corrected chi connectivity index (χ3v) is 3.93. The molecule has 0 saturated carbocycles. The van der Waals surface area contributed by atoms with Crippen LogP contribution in [-0.4, -0.2) is 8.42 Å². The van der Waals surface area contributed by atoms with Gasteiger partial charge in [-0.1, -0.05) is 29.8 Å². The van der Waals surface area contributed by atoms with Crippen LogP contribution < -0.4 is 10.5 Å². The van der Waals surface area contributed by atoms with E-state index in [0.29, 0.717) is 10.7 Å². The summed E-state index contributed by atoms with van der Waals surface area (Å²) < 4.78 is 26.5. The number of nitrogen functional groups attached to an aromatic ring is 1. The molecule has 0 unspecified atom stereocenters. The number of hydrogen-bond acceptors (Lipinski definition) is 3. The van der Waals surface area contributed by atoms with Crippen LogP contribution in [0.1, 0.15) is 0 Å². The van der Waals surface area contributed by atoms with Crippen LogP contribution in [0.15, 0.2) is 53.4 Å². The van der Waals surface area contributed by atoms with E-state index in [1.807, 2.05) is 0 Å². The van der Waals surface area contributed by atoms with E-state index in [9.17, 15) is 8.42 Å². The highest BCUT2D eigenvalue weighted by atomic mass is 35.5. The first-order valence-electron chi connectivity index (χ1n) is 5.12. The molecule has 0 saturated heterocycles. The molecule has 4 nitrogen and oxygen atoms in total. The number of anilines is 2. The second kappa shape index (κ2) is 4.88. The third-order valence-electron chi connectivity index (χ3n) is 2.31. The highest BCUT2D eigenvalue weighted by Gasteiger charge is 2.14. The molecule has 0 radical (unpaired) electrons. The second-order valence-electron chi connectivity index (χ2n) is 3.65. The summed E-state index contributed by atoms with van der Waals surface area (Å²) in [5, 5.41) is 0.454. The van der Waals surface area contributed by atoms with Gasteiger partial charge >= 0.3 is 0 Å². The number of nitrogens with two attached hydrogens (primary N) is 1. The lowest BCUT2D eigenvalue weighted by molar-refractivity contribution is 0.601. The Morgan fingerprint density at radius 2 is 1.72 bits per heavy atom. The van der Waals surface area contributed by atoms with Crippen molar-refractivity contribution in [3.63, 3.8) is 0 Å². The van der Waals surface area contributed by atoms with Crippen LogP contribution in [0.25, 0.3) is 0 Å². The highest BCUT2D eigenvalue weighted by molar-refractivity contribution is 7.92. The van der Waals surface area contributed by atoms with E-state index in [1.54, 1.807) is 24.3 Å². The SMILES string of the molecule is Nc1cc(Cl)ccc1NS(=O)(=O)c1ccccc1. The Bertz CT molecular complexity index is 657. The van der Waals surface area contributed by atoms with Gasteiger partial charge in [-0.3, -0.25) is 4.72 Å². The molecule has 0 atom stereocenters. The average molecular weight is 283 g/mol. The fraction of sp³-hybridized carbons (Fsp3) is 0. The van der Waals surface area contributed by atoms with Gasteiger partial charge in [0.05, 0.1) is 16.3 Å². The number of rotatable bonds is 3. The Morgan fingerprint density at radius 3 is 2.33 bits per heavy atom. The summed E-state index contributed by atoms with van der Waals surface area (Å²) in [4.78, 5) is 0.180. The maximum atomic E-state index is 12.0. The van der Waals surface area contributed by atoms with Gasteiger partial charge in [0, 0.05) is 5.02 Å². The van der Waals surface area contributed by atoms with E-state index in [1.165, 1.54) is 24.3 Å². The number of nitrogens with one attached hydrogen (secondary N) is 1. The number of hydrogen-bond donors (Lipinski definition) is 2. The lowest BCUT2D eigenvalue weighted by Gasteiger charge is -2.10. The minimum Gasteiger partial charge on any atom is -0.397 e. The van der Waals surface area contributed by atoms with Crippen LogP contribution in [0.3, 0.4) is 0 Å². The normalized spacial score (nSPS) is 11.2. The average Bonchev–Trinajstić information content (AvgIpc) is 2.34. The lowest BCUT2D eigenvalue weighted by Crippen LogP contribution is -2.13. The molecule has 94 valence electrons. The molecule has 0 aliphatic carbocycles. The summed E-state index contributed by atoms with van der Waals surface area (Å²) in [5.74, 6) is 0. The zero-order valence-corrected chi connectivity index (χ0v) is 10.9. The maximum absolute atomic E-state index is 12.0. The molecule has 0 amide bonds. The summed E-state index contributed by atoms with van der Waals surface area (Å²) in [7, 11) is -3.62. The van der Waals surface area contributed by atoms with Crippen molar-refractivity contribution >= 4 is 33.0 Å². The summed E-state index contributed by atoms with van der Waals surface area (Å²) in [5.41, 5.74) is 6.28. The van der Waals surface area contributed by atoms with Crippen LogP contribution in [0.5, 0.6) is 0 Å². The molecule has 0 spiro atoms. The van der Waals surface area contributed by atoms with Gasteiger partial charge in [0.2, 0.25) is 0 Å². The molecular weight excluding hydrogens is 272 g/mol. The van der Waals surface area contributed by atoms with Gasteiger partial charge in [0.25, 0.3) is 10.0 Å². The van der Waals surface area contributed by atoms with Crippen molar-refractivity contribution in [2.75, 3.05) is 10.5 Å². The summed E-state index contributed by atoms with van der Waals surface area (Å²) in [6.45, 7) is 0. The predicted octanol–water partition coefficient (Wildman–Crippen LogP) is 2.72. The van der Waals surface area contributed by atoms with Crippen molar-refractivity contribution in [2.24, 2.45) is 0 Å². The first-order chi connectivity index (χ1) is 8.49. The topological polar surface area (TPSA) is 72.2 Å². The first-order valence-corrected chi connectivity index (χ1v) is 6.98. The van der Waals surface area contributed by atoms with Crippen molar-refractivity contribution in [1.29, 1.82) is 0 Å². The minimum absolute atomic E-state index is 0.180. The quantitative estimate of drug-likeness (QED) is 0.850. The molecule has 0 fully saturated rings. The van der Waals surface area contributed by atoms with E-state index < -0.39 is 10.0 Å². The van der Waals surface area contributed by atoms with Gasteiger partial charge < -0.3 is 5.73 Å². The molecule has 0 aliphatic heterocycles. The standard InChI is InChI=1S/C12H11ClN2O2S/c13-9-6-7-12(11(14)8-9)15-18(16,17)10-4-2-1-3-5-10/h1-8,15H,14H2. The van der Waals surface area contributed by atoms with Gasteiger partial charge in [-0.25, -0.2) is 8.42 Å². The maximum Gasteiger partial charge on any atom is 0.261 e. The van der Waals surface area contributed by atoms with Gasteiger partial charge in [-0.05, 0) is 30.3 Å². The van der Waals surface area contributed by atoms with E-state index in [-0.39, 0.29) is 10.6 Å². The molecule has 0 bridgehead atoms. The van der Waals surface area contributed by atoms with E-state index >= 15 is 0 Å². The van der Waals surface area contributed by atoms with Crippen molar-refractivity contribution in [3.8, 4) is 0 Å². The van der Waals surface area contributed by atoms with Crippen LogP contribution in [0.4, 0.5) is 11.4 Å². The van der Waals surface area contributed by atoms with Gasteiger partial charge in [-0.15, -0.1) is 0 Å². The smallest absolute Gasteiger partial charge is 0.261 e. The molecule has 2 rings (SSSR count). The number of sulfonamides is 1. The number of halogens is 1. The summed E-state index contributed by atoms with van der Waals surface area (Å²) in [6.07, 6.45) is 0. The Kier molecular flexibility index (Phi) is 3.45. The predicted molar refractivity (Wildman–Crippen MR) is 73.1 cm³/mol. The minimum atomic E-state index is -3.62. The van der Waals surface area contributed by atoms with Crippen LogP contribution in [0.2, 0.25) is 5.02 Å². The fourth-order valence-corrected chi connectivity index (χ4v) is 2.72. The first kappa shape index (κ1) is 12.7. The molecule has 0 aromatic heterocycles. The molecule has 3 N–H and O–H groups in total. The van der Waals surface area contributed by atoms with E-state index in [4.69, 9.17) is 17.3 Å². The van der Waals surface area contributed by atoms with Crippen LogP contribution in [-0.2, 0) is 10.0 Å². The molecule has 18 heavy (non-hydrogen) atoms. The molecule has 2 aromatic rings. The molecule has 0 heterocycles. The van der Waals surface area contributed by atoms with Gasteiger partial charge in [0.1, 0.15) is 0 Å². The Hall–Kier alpha value is -1.72. The Labute approximate surface area is 110 Å². The zero-order chi connectivity index (χ0) is 13.2. The lowest BCUT2D eigenvalue weighted by atomic mass is 10.3. The monoisotopic (exact) mass is 282 g/mol. The molecular formula is C12H11ClN2O2S. The fourth-order valence-electron chi connectivity index (χ4n) is 1.43. The molecule has 0 aliphatic rings. The van der Waals surface area contributed by atoms with Gasteiger partial charge in [-0.2, -0.15) is 0 Å². The number of benzene rings is 2. The van der Waals surface area contributed by atoms with Crippen molar-refractivity contribution < 1.29 is 8.42 Å². The molecule has 6 heteroatoms. The molecule has 2 aromatic carbocycles. The van der Waals surface area contributed by atoms with Crippen molar-refractivity contribution in [3.05, 3.63) is 53.6 Å². The van der Waals surface area contributed by atoms with Crippen LogP contribution in [0, 0.1) is 0 Å². The highest BCUT2D eigenvalue weighted by Crippen LogP contribution is 2.25. The largest absolute Gasteiger partial charge is 0.397 e. The zero-order valence-electron chi connectivity index (χ0n) is 9.30. The van der Waals surface area contributed by atoms with Crippen molar-refractivity contribution in [1.82, 2.24) is 0 Å². The second-order valence-corrected chi connectivity index (χ2v) is 5.77. The van der Waals surface area contributed by atoms with Crippen LogP contribution >= 0.6 is 11.6 Å². The van der Waals surface area contributed by atoms with Crippen molar-refractivity contribution in [2.45, 2.75) is 4.90 Å². The summed E-state index contributed by atoms with van der Waals surface area (Å²) >= 11 is 5.75. The Balaban J connectivity index is 2.34. The summed E-state index contributed by atoms with van der Waals surface area (Å²) in [6, 6.07) is 12.7. The van der Waals surface area contributed by atoms with E-state index in [2.05, 4.69) is 4.72 Å². The Morgan fingerprint density at radius 1 is 1.06 bits per heavy atom. The third kappa shape index (κ3) is 2.75.